The number of carbonyl (C=O) groups is 1. The van der Waals surface area contributed by atoms with E-state index < -0.39 is 9.84 Å². The van der Waals surface area contributed by atoms with Gasteiger partial charge in [-0.05, 0) is 38.0 Å². The maximum Gasteiger partial charge on any atom is 0.225 e. The molecule has 6 heteroatoms. The average molecular weight is 329 g/mol. The summed E-state index contributed by atoms with van der Waals surface area (Å²) in [6.07, 6.45) is 8.55. The van der Waals surface area contributed by atoms with Crippen molar-refractivity contribution in [2.45, 2.75) is 32.1 Å². The number of nitrogens with zero attached hydrogens (tertiary/aromatic N) is 1. The minimum absolute atomic E-state index is 0.113. The van der Waals surface area contributed by atoms with Crippen LogP contribution in [0.2, 0.25) is 0 Å². The fourth-order valence-electron chi connectivity index (χ4n) is 3.22. The lowest BCUT2D eigenvalue weighted by Crippen LogP contribution is -2.43. The molecule has 0 aromatic rings. The molecule has 0 bridgehead atoms. The lowest BCUT2D eigenvalue weighted by atomic mass is 9.93. The van der Waals surface area contributed by atoms with Crippen LogP contribution in [-0.4, -0.2) is 57.5 Å². The number of carbonyl (C=O) groups excluding carboxylic acids is 1. The first-order chi connectivity index (χ1) is 10.5. The highest BCUT2D eigenvalue weighted by molar-refractivity contribution is 7.91. The van der Waals surface area contributed by atoms with Crippen molar-refractivity contribution in [2.24, 2.45) is 11.8 Å². The SMILES string of the molecule is COCCN(CC1CC=CCC1)C(=O)C1CCS(=O)(=O)CC1. The molecule has 1 atom stereocenters. The van der Waals surface area contributed by atoms with Crippen molar-refractivity contribution in [3.8, 4) is 0 Å². The van der Waals surface area contributed by atoms with E-state index in [0.29, 0.717) is 31.9 Å². The Balaban J connectivity index is 1.94. The fourth-order valence-corrected chi connectivity index (χ4v) is 4.71. The Labute approximate surface area is 133 Å². The van der Waals surface area contributed by atoms with Crippen molar-refractivity contribution in [3.05, 3.63) is 12.2 Å². The molecule has 1 unspecified atom stereocenters. The second-order valence-electron chi connectivity index (χ2n) is 6.35. The predicted octanol–water partition coefficient (Wildman–Crippen LogP) is 1.64. The number of allylic oxidation sites excluding steroid dienone is 2. The minimum atomic E-state index is -2.92. The van der Waals surface area contributed by atoms with Gasteiger partial charge < -0.3 is 9.64 Å². The van der Waals surface area contributed by atoms with Gasteiger partial charge >= 0.3 is 0 Å². The van der Waals surface area contributed by atoms with Crippen LogP contribution in [0.1, 0.15) is 32.1 Å². The van der Waals surface area contributed by atoms with E-state index in [9.17, 15) is 13.2 Å². The monoisotopic (exact) mass is 329 g/mol. The Morgan fingerprint density at radius 3 is 2.55 bits per heavy atom. The van der Waals surface area contributed by atoms with Crippen LogP contribution in [0.15, 0.2) is 12.2 Å². The maximum absolute atomic E-state index is 12.7. The summed E-state index contributed by atoms with van der Waals surface area (Å²) >= 11 is 0. The first-order valence-corrected chi connectivity index (χ1v) is 9.97. The second kappa shape index (κ2) is 8.11. The van der Waals surface area contributed by atoms with E-state index in [4.69, 9.17) is 4.74 Å². The summed E-state index contributed by atoms with van der Waals surface area (Å²) in [4.78, 5) is 14.6. The van der Waals surface area contributed by atoms with Crippen LogP contribution in [0.4, 0.5) is 0 Å². The van der Waals surface area contributed by atoms with Crippen molar-refractivity contribution in [1.29, 1.82) is 0 Å². The number of rotatable bonds is 6. The van der Waals surface area contributed by atoms with Crippen LogP contribution >= 0.6 is 0 Å². The van der Waals surface area contributed by atoms with Gasteiger partial charge in [0, 0.05) is 26.1 Å². The minimum Gasteiger partial charge on any atom is -0.383 e. The third-order valence-electron chi connectivity index (χ3n) is 4.64. The van der Waals surface area contributed by atoms with Gasteiger partial charge in [0.1, 0.15) is 9.84 Å². The molecule has 0 N–H and O–H groups in total. The molecular weight excluding hydrogens is 302 g/mol. The highest BCUT2D eigenvalue weighted by Gasteiger charge is 2.32. The quantitative estimate of drug-likeness (QED) is 0.695. The fraction of sp³-hybridized carbons (Fsp3) is 0.812. The molecule has 1 aliphatic heterocycles. The number of ether oxygens (including phenoxy) is 1. The van der Waals surface area contributed by atoms with Gasteiger partial charge in [-0.15, -0.1) is 0 Å². The van der Waals surface area contributed by atoms with Crippen molar-refractivity contribution in [2.75, 3.05) is 38.3 Å². The largest absolute Gasteiger partial charge is 0.383 e. The standard InChI is InChI=1S/C16H27NO4S/c1-21-10-9-17(13-14-5-3-2-4-6-14)16(18)15-7-11-22(19,20)12-8-15/h2-3,14-15H,4-13H2,1H3. The van der Waals surface area contributed by atoms with Crippen molar-refractivity contribution < 1.29 is 17.9 Å². The molecule has 1 heterocycles. The van der Waals surface area contributed by atoms with Crippen molar-refractivity contribution >= 4 is 15.7 Å². The predicted molar refractivity (Wildman–Crippen MR) is 86.3 cm³/mol. The summed E-state index contributed by atoms with van der Waals surface area (Å²) in [5.41, 5.74) is 0. The number of sulfone groups is 1. The van der Waals surface area contributed by atoms with Crippen LogP contribution in [0.5, 0.6) is 0 Å². The molecule has 22 heavy (non-hydrogen) atoms. The zero-order valence-electron chi connectivity index (χ0n) is 13.4. The number of hydrogen-bond acceptors (Lipinski definition) is 4. The Morgan fingerprint density at radius 2 is 1.95 bits per heavy atom. The van der Waals surface area contributed by atoms with Gasteiger partial charge in [-0.25, -0.2) is 8.42 Å². The summed E-state index contributed by atoms with van der Waals surface area (Å²) in [7, 11) is -1.29. The van der Waals surface area contributed by atoms with E-state index in [0.717, 1.165) is 25.8 Å². The number of hydrogen-bond donors (Lipinski definition) is 0. The van der Waals surface area contributed by atoms with Gasteiger partial charge in [-0.2, -0.15) is 0 Å². The Kier molecular flexibility index (Phi) is 6.44. The molecule has 0 radical (unpaired) electrons. The average Bonchev–Trinajstić information content (AvgIpc) is 2.52. The molecule has 0 saturated carbocycles. The lowest BCUT2D eigenvalue weighted by Gasteiger charge is -2.32. The van der Waals surface area contributed by atoms with Gasteiger partial charge in [0.05, 0.1) is 18.1 Å². The number of amides is 1. The Morgan fingerprint density at radius 1 is 1.23 bits per heavy atom. The van der Waals surface area contributed by atoms with E-state index >= 15 is 0 Å². The molecule has 0 aromatic heterocycles. The van der Waals surface area contributed by atoms with Crippen molar-refractivity contribution in [3.63, 3.8) is 0 Å². The summed E-state index contributed by atoms with van der Waals surface area (Å²) < 4.78 is 28.2. The molecule has 1 fully saturated rings. The molecule has 1 aliphatic carbocycles. The maximum atomic E-state index is 12.7. The molecule has 0 spiro atoms. The second-order valence-corrected chi connectivity index (χ2v) is 8.66. The van der Waals surface area contributed by atoms with Gasteiger partial charge in [0.2, 0.25) is 5.91 Å². The first kappa shape index (κ1) is 17.5. The summed E-state index contributed by atoms with van der Waals surface area (Å²) in [5.74, 6) is 0.778. The Bertz CT molecular complexity index is 486. The normalized spacial score (nSPS) is 25.0. The summed E-state index contributed by atoms with van der Waals surface area (Å²) in [6.45, 7) is 1.88. The first-order valence-electron chi connectivity index (χ1n) is 8.15. The van der Waals surface area contributed by atoms with E-state index in [1.54, 1.807) is 7.11 Å². The molecule has 1 amide bonds. The van der Waals surface area contributed by atoms with E-state index in [1.165, 1.54) is 0 Å². The zero-order chi connectivity index (χ0) is 16.0. The topological polar surface area (TPSA) is 63.7 Å². The van der Waals surface area contributed by atoms with Gasteiger partial charge in [-0.3, -0.25) is 4.79 Å². The zero-order valence-corrected chi connectivity index (χ0v) is 14.2. The van der Waals surface area contributed by atoms with E-state index in [1.807, 2.05) is 4.90 Å². The van der Waals surface area contributed by atoms with E-state index in [2.05, 4.69) is 12.2 Å². The molecule has 2 rings (SSSR count). The highest BCUT2D eigenvalue weighted by Crippen LogP contribution is 2.24. The Hall–Kier alpha value is -0.880. The third-order valence-corrected chi connectivity index (χ3v) is 6.35. The molecule has 126 valence electrons. The van der Waals surface area contributed by atoms with Gasteiger partial charge in [0.25, 0.3) is 0 Å². The van der Waals surface area contributed by atoms with Crippen molar-refractivity contribution in [1.82, 2.24) is 4.90 Å². The third kappa shape index (κ3) is 5.09. The number of methoxy groups -OCH3 is 1. The van der Waals surface area contributed by atoms with Crippen LogP contribution in [0.25, 0.3) is 0 Å². The van der Waals surface area contributed by atoms with Crippen LogP contribution in [0, 0.1) is 11.8 Å². The van der Waals surface area contributed by atoms with Gasteiger partial charge in [0.15, 0.2) is 0 Å². The summed E-state index contributed by atoms with van der Waals surface area (Å²) in [6, 6.07) is 0. The molecule has 0 aromatic carbocycles. The summed E-state index contributed by atoms with van der Waals surface area (Å²) in [5, 5.41) is 0. The van der Waals surface area contributed by atoms with Crippen LogP contribution < -0.4 is 0 Å². The molecule has 2 aliphatic rings. The van der Waals surface area contributed by atoms with Gasteiger partial charge in [-0.1, -0.05) is 12.2 Å². The smallest absolute Gasteiger partial charge is 0.225 e. The lowest BCUT2D eigenvalue weighted by molar-refractivity contribution is -0.137. The van der Waals surface area contributed by atoms with Crippen LogP contribution in [-0.2, 0) is 19.4 Å². The molecule has 5 nitrogen and oxygen atoms in total. The highest BCUT2D eigenvalue weighted by atomic mass is 32.2. The molecule has 1 saturated heterocycles. The molecular formula is C16H27NO4S. The van der Waals surface area contributed by atoms with E-state index in [-0.39, 0.29) is 23.3 Å². The van der Waals surface area contributed by atoms with Crippen LogP contribution in [0.3, 0.4) is 0 Å².